The van der Waals surface area contributed by atoms with Gasteiger partial charge in [-0.05, 0) is 23.8 Å². The van der Waals surface area contributed by atoms with Gasteiger partial charge in [0.05, 0.1) is 19.8 Å². The quantitative estimate of drug-likeness (QED) is 0.848. The first kappa shape index (κ1) is 16.4. The Morgan fingerprint density at radius 3 is 2.30 bits per heavy atom. The second-order valence-electron chi connectivity index (χ2n) is 4.79. The molecule has 6 nitrogen and oxygen atoms in total. The molecule has 0 bridgehead atoms. The number of nitrogens with one attached hydrogen (secondary N) is 1. The molecule has 2 amide bonds. The minimum Gasteiger partial charge on any atom is -0.497 e. The lowest BCUT2D eigenvalue weighted by atomic mass is 10.1. The number of rotatable bonds is 6. The number of nitrogens with two attached hydrogens (primary N) is 1. The van der Waals surface area contributed by atoms with Gasteiger partial charge in [0, 0.05) is 0 Å². The second kappa shape index (κ2) is 7.31. The molecule has 1 unspecified atom stereocenters. The van der Waals surface area contributed by atoms with E-state index < -0.39 is 17.9 Å². The summed E-state index contributed by atoms with van der Waals surface area (Å²) in [4.78, 5) is 24.2. The van der Waals surface area contributed by atoms with Gasteiger partial charge >= 0.3 is 0 Å². The molecule has 2 aromatic rings. The summed E-state index contributed by atoms with van der Waals surface area (Å²) in [6.07, 6.45) is 0. The number of benzene rings is 2. The van der Waals surface area contributed by atoms with Crippen LogP contribution in [0.5, 0.6) is 11.5 Å². The van der Waals surface area contributed by atoms with E-state index in [0.29, 0.717) is 17.1 Å². The highest BCUT2D eigenvalue weighted by Gasteiger charge is 2.22. The van der Waals surface area contributed by atoms with Crippen molar-refractivity contribution in [3.05, 3.63) is 59.7 Å². The third-order valence-electron chi connectivity index (χ3n) is 3.34. The highest BCUT2D eigenvalue weighted by Crippen LogP contribution is 2.24. The van der Waals surface area contributed by atoms with Gasteiger partial charge in [-0.2, -0.15) is 0 Å². The molecule has 1 atom stereocenters. The first-order chi connectivity index (χ1) is 11.1. The lowest BCUT2D eigenvalue weighted by Crippen LogP contribution is -2.37. The second-order valence-corrected chi connectivity index (χ2v) is 4.79. The van der Waals surface area contributed by atoms with Crippen molar-refractivity contribution in [3.8, 4) is 11.5 Å². The lowest BCUT2D eigenvalue weighted by molar-refractivity contribution is -0.120. The standard InChI is InChI=1S/C17H18N2O4/c1-22-12-8-9-14(23-2)13(10-12)17(21)19-15(16(18)20)11-6-4-3-5-7-11/h3-10,15H,1-2H3,(H2,18,20)(H,19,21). The van der Waals surface area contributed by atoms with Gasteiger partial charge in [-0.1, -0.05) is 30.3 Å². The summed E-state index contributed by atoms with van der Waals surface area (Å²) in [6.45, 7) is 0. The summed E-state index contributed by atoms with van der Waals surface area (Å²) < 4.78 is 10.3. The lowest BCUT2D eigenvalue weighted by Gasteiger charge is -2.17. The van der Waals surface area contributed by atoms with E-state index in [-0.39, 0.29) is 5.56 Å². The fourth-order valence-corrected chi connectivity index (χ4v) is 2.16. The van der Waals surface area contributed by atoms with Crippen LogP contribution < -0.4 is 20.5 Å². The normalized spacial score (nSPS) is 11.4. The van der Waals surface area contributed by atoms with E-state index >= 15 is 0 Å². The number of amides is 2. The van der Waals surface area contributed by atoms with Crippen molar-refractivity contribution in [2.24, 2.45) is 5.73 Å². The van der Waals surface area contributed by atoms with Crippen molar-refractivity contribution in [2.45, 2.75) is 6.04 Å². The first-order valence-electron chi connectivity index (χ1n) is 6.94. The molecule has 0 aliphatic rings. The molecule has 120 valence electrons. The molecule has 2 aromatic carbocycles. The Bertz CT molecular complexity index is 701. The van der Waals surface area contributed by atoms with Crippen LogP contribution in [0.2, 0.25) is 0 Å². The molecule has 0 saturated heterocycles. The Hall–Kier alpha value is -3.02. The molecule has 0 aromatic heterocycles. The van der Waals surface area contributed by atoms with Crippen LogP contribution in [0, 0.1) is 0 Å². The van der Waals surface area contributed by atoms with E-state index in [4.69, 9.17) is 15.2 Å². The fraction of sp³-hybridized carbons (Fsp3) is 0.176. The van der Waals surface area contributed by atoms with Crippen molar-refractivity contribution >= 4 is 11.8 Å². The zero-order valence-corrected chi connectivity index (χ0v) is 12.9. The Kier molecular flexibility index (Phi) is 5.19. The highest BCUT2D eigenvalue weighted by molar-refractivity contribution is 6.00. The van der Waals surface area contributed by atoms with Gasteiger partial charge in [-0.3, -0.25) is 9.59 Å². The number of hydrogen-bond donors (Lipinski definition) is 2. The van der Waals surface area contributed by atoms with Crippen LogP contribution in [0.25, 0.3) is 0 Å². The summed E-state index contributed by atoms with van der Waals surface area (Å²) in [6, 6.07) is 12.7. The summed E-state index contributed by atoms with van der Waals surface area (Å²) >= 11 is 0. The van der Waals surface area contributed by atoms with Crippen LogP contribution in [0.15, 0.2) is 48.5 Å². The third-order valence-corrected chi connectivity index (χ3v) is 3.34. The number of ether oxygens (including phenoxy) is 2. The molecule has 0 aliphatic carbocycles. The molecule has 0 radical (unpaired) electrons. The fourth-order valence-electron chi connectivity index (χ4n) is 2.16. The molecular formula is C17H18N2O4. The topological polar surface area (TPSA) is 90.7 Å². The number of carbonyl (C=O) groups excluding carboxylic acids is 2. The maximum atomic E-state index is 12.5. The first-order valence-corrected chi connectivity index (χ1v) is 6.94. The third kappa shape index (κ3) is 3.79. The monoisotopic (exact) mass is 314 g/mol. The van der Waals surface area contributed by atoms with E-state index in [1.807, 2.05) is 6.07 Å². The van der Waals surface area contributed by atoms with E-state index in [1.54, 1.807) is 36.4 Å². The molecule has 0 fully saturated rings. The molecule has 0 aliphatic heterocycles. The van der Waals surface area contributed by atoms with Crippen LogP contribution in [0.1, 0.15) is 22.0 Å². The van der Waals surface area contributed by atoms with Crippen LogP contribution in [-0.4, -0.2) is 26.0 Å². The molecule has 0 spiro atoms. The van der Waals surface area contributed by atoms with Gasteiger partial charge in [0.1, 0.15) is 17.5 Å². The predicted molar refractivity (Wildman–Crippen MR) is 85.4 cm³/mol. The average Bonchev–Trinajstić information content (AvgIpc) is 2.59. The molecular weight excluding hydrogens is 296 g/mol. The Labute approximate surface area is 134 Å². The van der Waals surface area contributed by atoms with Crippen molar-refractivity contribution in [1.29, 1.82) is 0 Å². The van der Waals surface area contributed by atoms with Gasteiger partial charge in [0.2, 0.25) is 5.91 Å². The van der Waals surface area contributed by atoms with Gasteiger partial charge in [0.25, 0.3) is 5.91 Å². The van der Waals surface area contributed by atoms with Crippen LogP contribution in [-0.2, 0) is 4.79 Å². The van der Waals surface area contributed by atoms with Crippen LogP contribution >= 0.6 is 0 Å². The largest absolute Gasteiger partial charge is 0.497 e. The summed E-state index contributed by atoms with van der Waals surface area (Å²) in [5.74, 6) is -0.245. The Balaban J connectivity index is 2.31. The van der Waals surface area contributed by atoms with Crippen molar-refractivity contribution in [3.63, 3.8) is 0 Å². The summed E-state index contributed by atoms with van der Waals surface area (Å²) in [5, 5.41) is 2.63. The van der Waals surface area contributed by atoms with E-state index in [9.17, 15) is 9.59 Å². The van der Waals surface area contributed by atoms with Crippen LogP contribution in [0.3, 0.4) is 0 Å². The number of methoxy groups -OCH3 is 2. The SMILES string of the molecule is COc1ccc(OC)c(C(=O)NC(C(N)=O)c2ccccc2)c1. The average molecular weight is 314 g/mol. The number of primary amides is 1. The number of carbonyl (C=O) groups is 2. The van der Waals surface area contributed by atoms with Crippen molar-refractivity contribution < 1.29 is 19.1 Å². The van der Waals surface area contributed by atoms with E-state index in [0.717, 1.165) is 0 Å². The minimum absolute atomic E-state index is 0.258. The van der Waals surface area contributed by atoms with Crippen molar-refractivity contribution in [2.75, 3.05) is 14.2 Å². The van der Waals surface area contributed by atoms with Crippen molar-refractivity contribution in [1.82, 2.24) is 5.32 Å². The van der Waals surface area contributed by atoms with E-state index in [2.05, 4.69) is 5.32 Å². The predicted octanol–water partition coefficient (Wildman–Crippen LogP) is 1.66. The molecule has 3 N–H and O–H groups in total. The van der Waals surface area contributed by atoms with Gasteiger partial charge < -0.3 is 20.5 Å². The summed E-state index contributed by atoms with van der Waals surface area (Å²) in [5.41, 5.74) is 6.28. The molecule has 0 heterocycles. The Morgan fingerprint density at radius 1 is 1.04 bits per heavy atom. The number of hydrogen-bond acceptors (Lipinski definition) is 4. The van der Waals surface area contributed by atoms with Gasteiger partial charge in [-0.25, -0.2) is 0 Å². The summed E-state index contributed by atoms with van der Waals surface area (Å²) in [7, 11) is 2.96. The Morgan fingerprint density at radius 2 is 1.74 bits per heavy atom. The maximum Gasteiger partial charge on any atom is 0.256 e. The highest BCUT2D eigenvalue weighted by atomic mass is 16.5. The van der Waals surface area contributed by atoms with Crippen LogP contribution in [0.4, 0.5) is 0 Å². The minimum atomic E-state index is -0.931. The molecule has 6 heteroatoms. The van der Waals surface area contributed by atoms with E-state index in [1.165, 1.54) is 20.3 Å². The maximum absolute atomic E-state index is 12.5. The molecule has 0 saturated carbocycles. The zero-order valence-electron chi connectivity index (χ0n) is 12.9. The van der Waals surface area contributed by atoms with Gasteiger partial charge in [-0.15, -0.1) is 0 Å². The zero-order chi connectivity index (χ0) is 16.8. The molecule has 23 heavy (non-hydrogen) atoms. The smallest absolute Gasteiger partial charge is 0.256 e. The molecule has 2 rings (SSSR count). The van der Waals surface area contributed by atoms with Gasteiger partial charge in [0.15, 0.2) is 0 Å².